The Morgan fingerprint density at radius 2 is 2.00 bits per heavy atom. The van der Waals surface area contributed by atoms with E-state index in [9.17, 15) is 4.79 Å². The molecule has 2 saturated carbocycles. The molecule has 0 heterocycles. The molecular formula is C19H29ClN2O. The van der Waals surface area contributed by atoms with Crippen molar-refractivity contribution in [2.75, 3.05) is 19.6 Å². The summed E-state index contributed by atoms with van der Waals surface area (Å²) in [5.74, 6) is 0.959. The summed E-state index contributed by atoms with van der Waals surface area (Å²) in [5.41, 5.74) is 2.86. The second-order valence-corrected chi connectivity index (χ2v) is 7.21. The molecule has 1 aromatic rings. The molecule has 0 bridgehead atoms. The molecule has 0 aliphatic heterocycles. The Morgan fingerprint density at radius 3 is 2.65 bits per heavy atom. The SMILES string of the molecule is Cc1cccc(C2(CNC(=O)CNCC3CC3)CCCC2)c1.Cl. The molecule has 0 atom stereocenters. The van der Waals surface area contributed by atoms with Gasteiger partial charge in [0, 0.05) is 12.0 Å². The second-order valence-electron chi connectivity index (χ2n) is 7.21. The van der Waals surface area contributed by atoms with E-state index in [0.717, 1.165) is 19.0 Å². The zero-order chi connectivity index (χ0) is 15.4. The molecule has 0 unspecified atom stereocenters. The second kappa shape index (κ2) is 8.16. The van der Waals surface area contributed by atoms with E-state index in [4.69, 9.17) is 0 Å². The van der Waals surface area contributed by atoms with Gasteiger partial charge in [-0.25, -0.2) is 0 Å². The summed E-state index contributed by atoms with van der Waals surface area (Å²) in [7, 11) is 0. The van der Waals surface area contributed by atoms with Gasteiger partial charge in [0.05, 0.1) is 6.54 Å². The maximum atomic E-state index is 12.1. The molecule has 1 aromatic carbocycles. The molecular weight excluding hydrogens is 308 g/mol. The highest BCUT2D eigenvalue weighted by Crippen LogP contribution is 2.40. The van der Waals surface area contributed by atoms with Crippen molar-refractivity contribution in [2.45, 2.75) is 50.9 Å². The summed E-state index contributed by atoms with van der Waals surface area (Å²) in [5, 5.41) is 6.45. The molecule has 2 aliphatic carbocycles. The smallest absolute Gasteiger partial charge is 0.233 e. The highest BCUT2D eigenvalue weighted by Gasteiger charge is 2.35. The Balaban J connectivity index is 0.00000192. The number of benzene rings is 1. The van der Waals surface area contributed by atoms with Gasteiger partial charge in [-0.05, 0) is 50.6 Å². The van der Waals surface area contributed by atoms with Crippen molar-refractivity contribution in [1.29, 1.82) is 0 Å². The van der Waals surface area contributed by atoms with Crippen molar-refractivity contribution in [3.63, 3.8) is 0 Å². The molecule has 2 fully saturated rings. The minimum atomic E-state index is 0. The minimum Gasteiger partial charge on any atom is -0.354 e. The number of hydrogen-bond donors (Lipinski definition) is 2. The lowest BCUT2D eigenvalue weighted by molar-refractivity contribution is -0.120. The molecule has 4 heteroatoms. The molecule has 2 N–H and O–H groups in total. The minimum absolute atomic E-state index is 0. The summed E-state index contributed by atoms with van der Waals surface area (Å²) in [6.45, 7) is 4.38. The summed E-state index contributed by atoms with van der Waals surface area (Å²) in [6, 6.07) is 8.81. The number of carbonyl (C=O) groups is 1. The van der Waals surface area contributed by atoms with Gasteiger partial charge in [0.1, 0.15) is 0 Å². The van der Waals surface area contributed by atoms with Crippen molar-refractivity contribution >= 4 is 18.3 Å². The highest BCUT2D eigenvalue weighted by molar-refractivity contribution is 5.85. The zero-order valence-corrected chi connectivity index (χ0v) is 14.9. The van der Waals surface area contributed by atoms with Gasteiger partial charge in [0.25, 0.3) is 0 Å². The van der Waals surface area contributed by atoms with Crippen molar-refractivity contribution in [1.82, 2.24) is 10.6 Å². The van der Waals surface area contributed by atoms with Crippen LogP contribution in [0.15, 0.2) is 24.3 Å². The Morgan fingerprint density at radius 1 is 1.26 bits per heavy atom. The summed E-state index contributed by atoms with van der Waals surface area (Å²) in [4.78, 5) is 12.1. The standard InChI is InChI=1S/C19H28N2O.ClH/c1-15-5-4-6-17(11-15)19(9-2-3-10-19)14-21-18(22)13-20-12-16-7-8-16;/h4-6,11,16,20H,2-3,7-10,12-14H2,1H3,(H,21,22);1H. The van der Waals surface area contributed by atoms with Crippen LogP contribution >= 0.6 is 12.4 Å². The molecule has 1 amide bonds. The van der Waals surface area contributed by atoms with Gasteiger partial charge in [-0.15, -0.1) is 12.4 Å². The predicted molar refractivity (Wildman–Crippen MR) is 97.2 cm³/mol. The largest absolute Gasteiger partial charge is 0.354 e. The van der Waals surface area contributed by atoms with Gasteiger partial charge < -0.3 is 10.6 Å². The Kier molecular flexibility index (Phi) is 6.49. The summed E-state index contributed by atoms with van der Waals surface area (Å²) >= 11 is 0. The maximum Gasteiger partial charge on any atom is 0.233 e. The zero-order valence-electron chi connectivity index (χ0n) is 14.1. The van der Waals surface area contributed by atoms with E-state index in [1.165, 1.54) is 49.7 Å². The number of hydrogen-bond acceptors (Lipinski definition) is 2. The van der Waals surface area contributed by atoms with Gasteiger partial charge in [0.15, 0.2) is 0 Å². The fourth-order valence-corrected chi connectivity index (χ4v) is 3.64. The van der Waals surface area contributed by atoms with Crippen LogP contribution < -0.4 is 10.6 Å². The number of nitrogens with one attached hydrogen (secondary N) is 2. The van der Waals surface area contributed by atoms with Crippen molar-refractivity contribution in [2.24, 2.45) is 5.92 Å². The first kappa shape index (κ1) is 18.3. The fraction of sp³-hybridized carbons (Fsp3) is 0.632. The number of halogens is 1. The van der Waals surface area contributed by atoms with Crippen LogP contribution in [-0.2, 0) is 10.2 Å². The lowest BCUT2D eigenvalue weighted by atomic mass is 9.78. The Hall–Kier alpha value is -1.06. The van der Waals surface area contributed by atoms with E-state index in [-0.39, 0.29) is 23.7 Å². The molecule has 0 saturated heterocycles. The van der Waals surface area contributed by atoms with Crippen LogP contribution in [0.2, 0.25) is 0 Å². The molecule has 2 aliphatic rings. The fourth-order valence-electron chi connectivity index (χ4n) is 3.64. The van der Waals surface area contributed by atoms with Crippen molar-refractivity contribution in [3.8, 4) is 0 Å². The van der Waals surface area contributed by atoms with E-state index in [1.807, 2.05) is 0 Å². The first-order valence-electron chi connectivity index (χ1n) is 8.73. The number of rotatable bonds is 7. The van der Waals surface area contributed by atoms with Gasteiger partial charge >= 0.3 is 0 Å². The van der Waals surface area contributed by atoms with E-state index < -0.39 is 0 Å². The molecule has 3 nitrogen and oxygen atoms in total. The highest BCUT2D eigenvalue weighted by atomic mass is 35.5. The average molecular weight is 337 g/mol. The molecule has 0 spiro atoms. The van der Waals surface area contributed by atoms with Crippen LogP contribution in [0.3, 0.4) is 0 Å². The van der Waals surface area contributed by atoms with Crippen LogP contribution in [0, 0.1) is 12.8 Å². The maximum absolute atomic E-state index is 12.1. The van der Waals surface area contributed by atoms with Gasteiger partial charge in [-0.1, -0.05) is 42.7 Å². The van der Waals surface area contributed by atoms with E-state index in [2.05, 4.69) is 41.8 Å². The average Bonchev–Trinajstić information content (AvgIpc) is 3.21. The third-order valence-corrected chi connectivity index (χ3v) is 5.23. The quantitative estimate of drug-likeness (QED) is 0.801. The lowest BCUT2D eigenvalue weighted by Crippen LogP contribution is -2.42. The summed E-state index contributed by atoms with van der Waals surface area (Å²) < 4.78 is 0. The first-order chi connectivity index (χ1) is 10.7. The van der Waals surface area contributed by atoms with Crippen molar-refractivity contribution < 1.29 is 4.79 Å². The first-order valence-corrected chi connectivity index (χ1v) is 8.73. The van der Waals surface area contributed by atoms with Crippen LogP contribution in [0.1, 0.15) is 49.7 Å². The molecule has 128 valence electrons. The predicted octanol–water partition coefficient (Wildman–Crippen LogP) is 3.34. The van der Waals surface area contributed by atoms with Crippen LogP contribution in [-0.4, -0.2) is 25.5 Å². The van der Waals surface area contributed by atoms with E-state index in [1.54, 1.807) is 0 Å². The van der Waals surface area contributed by atoms with Gasteiger partial charge in [-0.2, -0.15) is 0 Å². The monoisotopic (exact) mass is 336 g/mol. The molecule has 23 heavy (non-hydrogen) atoms. The Bertz CT molecular complexity index is 522. The third-order valence-electron chi connectivity index (χ3n) is 5.23. The normalized spacial score (nSPS) is 19.2. The lowest BCUT2D eigenvalue weighted by Gasteiger charge is -2.30. The van der Waals surface area contributed by atoms with Crippen LogP contribution in [0.5, 0.6) is 0 Å². The van der Waals surface area contributed by atoms with E-state index in [0.29, 0.717) is 6.54 Å². The van der Waals surface area contributed by atoms with Gasteiger partial charge in [-0.3, -0.25) is 4.79 Å². The Labute approximate surface area is 146 Å². The number of amides is 1. The van der Waals surface area contributed by atoms with E-state index >= 15 is 0 Å². The van der Waals surface area contributed by atoms with Gasteiger partial charge in [0.2, 0.25) is 5.91 Å². The number of carbonyl (C=O) groups excluding carboxylic acids is 1. The molecule has 0 aromatic heterocycles. The topological polar surface area (TPSA) is 41.1 Å². The summed E-state index contributed by atoms with van der Waals surface area (Å²) in [6.07, 6.45) is 7.56. The van der Waals surface area contributed by atoms with Crippen LogP contribution in [0.4, 0.5) is 0 Å². The molecule has 0 radical (unpaired) electrons. The third kappa shape index (κ3) is 4.95. The van der Waals surface area contributed by atoms with Crippen LogP contribution in [0.25, 0.3) is 0 Å². The van der Waals surface area contributed by atoms with Crippen molar-refractivity contribution in [3.05, 3.63) is 35.4 Å². The molecule has 3 rings (SSSR count). The number of aryl methyl sites for hydroxylation is 1.